The lowest BCUT2D eigenvalue weighted by atomic mass is 10.1. The molecule has 1 aromatic heterocycles. The highest BCUT2D eigenvalue weighted by Gasteiger charge is 2.22. The molecule has 5 nitrogen and oxygen atoms in total. The first kappa shape index (κ1) is 20.0. The van der Waals surface area contributed by atoms with Gasteiger partial charge in [0.25, 0.3) is 0 Å². The van der Waals surface area contributed by atoms with Crippen LogP contribution in [0.4, 0.5) is 0 Å². The van der Waals surface area contributed by atoms with Crippen LogP contribution in [0.1, 0.15) is 26.2 Å². The van der Waals surface area contributed by atoms with E-state index in [9.17, 15) is 4.79 Å². The van der Waals surface area contributed by atoms with Crippen molar-refractivity contribution in [3.63, 3.8) is 0 Å². The Hall–Kier alpha value is -3.34. The van der Waals surface area contributed by atoms with Crippen molar-refractivity contribution >= 4 is 5.91 Å². The van der Waals surface area contributed by atoms with E-state index in [-0.39, 0.29) is 12.0 Å². The van der Waals surface area contributed by atoms with Gasteiger partial charge >= 0.3 is 0 Å². The Kier molecular flexibility index (Phi) is 6.28. The zero-order valence-corrected chi connectivity index (χ0v) is 17.2. The monoisotopic (exact) mass is 402 g/mol. The largest absolute Gasteiger partial charge is 0.490 e. The van der Waals surface area contributed by atoms with Crippen LogP contribution >= 0.6 is 0 Å². The van der Waals surface area contributed by atoms with Crippen molar-refractivity contribution in [2.24, 2.45) is 0 Å². The van der Waals surface area contributed by atoms with Crippen LogP contribution in [0.15, 0.2) is 73.1 Å². The van der Waals surface area contributed by atoms with Gasteiger partial charge in [0, 0.05) is 44.1 Å². The number of likely N-dealkylation sites (tertiary alicyclic amines) is 1. The standard InChI is InChI=1S/C25H26N2O3/c1-2-25(28)27-14-12-23(13-15-27)29-22-10-8-19(9-11-22)20-16-24(18-26-17-20)30-21-6-4-3-5-7-21/h3-11,16-18,23H,2,12-15H2,1H3. The summed E-state index contributed by atoms with van der Waals surface area (Å²) in [5.41, 5.74) is 2.04. The van der Waals surface area contributed by atoms with E-state index in [1.165, 1.54) is 0 Å². The highest BCUT2D eigenvalue weighted by atomic mass is 16.5. The van der Waals surface area contributed by atoms with Crippen LogP contribution in [0.3, 0.4) is 0 Å². The molecule has 0 atom stereocenters. The summed E-state index contributed by atoms with van der Waals surface area (Å²) in [5.74, 6) is 2.56. The number of hydrogen-bond donors (Lipinski definition) is 0. The van der Waals surface area contributed by atoms with Crippen molar-refractivity contribution in [2.75, 3.05) is 13.1 Å². The van der Waals surface area contributed by atoms with Gasteiger partial charge in [0.2, 0.25) is 5.91 Å². The van der Waals surface area contributed by atoms with E-state index in [1.807, 2.05) is 78.7 Å². The van der Waals surface area contributed by atoms with Crippen LogP contribution in [0, 0.1) is 0 Å². The molecule has 0 bridgehead atoms. The molecule has 0 spiro atoms. The maximum absolute atomic E-state index is 11.8. The van der Waals surface area contributed by atoms with E-state index < -0.39 is 0 Å². The van der Waals surface area contributed by atoms with E-state index in [0.717, 1.165) is 48.6 Å². The lowest BCUT2D eigenvalue weighted by molar-refractivity contribution is -0.132. The van der Waals surface area contributed by atoms with E-state index in [1.54, 1.807) is 6.20 Å². The smallest absolute Gasteiger partial charge is 0.222 e. The van der Waals surface area contributed by atoms with Crippen LogP contribution in [-0.2, 0) is 4.79 Å². The molecule has 1 aliphatic rings. The van der Waals surface area contributed by atoms with Crippen LogP contribution in [0.2, 0.25) is 0 Å². The first-order chi connectivity index (χ1) is 14.7. The summed E-state index contributed by atoms with van der Waals surface area (Å²) in [6.45, 7) is 3.45. The van der Waals surface area contributed by atoms with Gasteiger partial charge in [0.15, 0.2) is 0 Å². The molecule has 0 saturated carbocycles. The van der Waals surface area contributed by atoms with E-state index in [0.29, 0.717) is 12.2 Å². The number of rotatable bonds is 6. The third-order valence-corrected chi connectivity index (χ3v) is 5.28. The fraction of sp³-hybridized carbons (Fsp3) is 0.280. The molecule has 30 heavy (non-hydrogen) atoms. The number of aromatic nitrogens is 1. The minimum atomic E-state index is 0.154. The molecule has 2 aromatic carbocycles. The van der Waals surface area contributed by atoms with Gasteiger partial charge in [-0.25, -0.2) is 0 Å². The predicted octanol–water partition coefficient (Wildman–Crippen LogP) is 5.32. The maximum atomic E-state index is 11.8. The number of benzene rings is 2. The summed E-state index contributed by atoms with van der Waals surface area (Å²) < 4.78 is 12.0. The van der Waals surface area contributed by atoms with Crippen molar-refractivity contribution in [1.29, 1.82) is 0 Å². The van der Waals surface area contributed by atoms with Crippen molar-refractivity contribution < 1.29 is 14.3 Å². The molecule has 1 fully saturated rings. The van der Waals surface area contributed by atoms with Crippen LogP contribution in [0.5, 0.6) is 17.2 Å². The zero-order valence-electron chi connectivity index (χ0n) is 17.2. The number of amides is 1. The third kappa shape index (κ3) is 4.98. The summed E-state index contributed by atoms with van der Waals surface area (Å²) in [7, 11) is 0. The SMILES string of the molecule is CCC(=O)N1CCC(Oc2ccc(-c3cncc(Oc4ccccc4)c3)cc2)CC1. The quantitative estimate of drug-likeness (QED) is 0.560. The van der Waals surface area contributed by atoms with E-state index in [2.05, 4.69) is 4.98 Å². The molecule has 1 amide bonds. The molecule has 1 saturated heterocycles. The van der Waals surface area contributed by atoms with Gasteiger partial charge in [-0.05, 0) is 35.9 Å². The molecule has 0 unspecified atom stereocenters. The molecule has 2 heterocycles. The van der Waals surface area contributed by atoms with Gasteiger partial charge in [-0.1, -0.05) is 37.3 Å². The van der Waals surface area contributed by atoms with Gasteiger partial charge in [-0.3, -0.25) is 9.78 Å². The molecule has 154 valence electrons. The topological polar surface area (TPSA) is 51.7 Å². The summed E-state index contributed by atoms with van der Waals surface area (Å²) >= 11 is 0. The minimum Gasteiger partial charge on any atom is -0.490 e. The molecule has 5 heteroatoms. The normalized spacial score (nSPS) is 14.4. The molecular weight excluding hydrogens is 376 g/mol. The van der Waals surface area contributed by atoms with Crippen LogP contribution < -0.4 is 9.47 Å². The number of piperidine rings is 1. The van der Waals surface area contributed by atoms with Crippen molar-refractivity contribution in [1.82, 2.24) is 9.88 Å². The maximum Gasteiger partial charge on any atom is 0.222 e. The van der Waals surface area contributed by atoms with Crippen molar-refractivity contribution in [3.8, 4) is 28.4 Å². The number of carbonyl (C=O) groups is 1. The Balaban J connectivity index is 1.37. The lowest BCUT2D eigenvalue weighted by Gasteiger charge is -2.32. The first-order valence-corrected chi connectivity index (χ1v) is 10.4. The van der Waals surface area contributed by atoms with Crippen LogP contribution in [0.25, 0.3) is 11.1 Å². The van der Waals surface area contributed by atoms with Gasteiger partial charge < -0.3 is 14.4 Å². The highest BCUT2D eigenvalue weighted by molar-refractivity contribution is 5.75. The molecule has 0 N–H and O–H groups in total. The molecule has 3 aromatic rings. The number of carbonyl (C=O) groups excluding carboxylic acids is 1. The summed E-state index contributed by atoms with van der Waals surface area (Å²) in [4.78, 5) is 18.0. The lowest BCUT2D eigenvalue weighted by Crippen LogP contribution is -2.41. The average molecular weight is 402 g/mol. The molecule has 0 radical (unpaired) electrons. The number of hydrogen-bond acceptors (Lipinski definition) is 4. The molecule has 0 aliphatic carbocycles. The second-order valence-corrected chi connectivity index (χ2v) is 7.40. The Labute approximate surface area is 177 Å². The van der Waals surface area contributed by atoms with E-state index in [4.69, 9.17) is 9.47 Å². The van der Waals surface area contributed by atoms with Gasteiger partial charge in [0.1, 0.15) is 23.4 Å². The van der Waals surface area contributed by atoms with Gasteiger partial charge in [-0.15, -0.1) is 0 Å². The fourth-order valence-corrected chi connectivity index (χ4v) is 3.62. The Morgan fingerprint density at radius 2 is 1.67 bits per heavy atom. The van der Waals surface area contributed by atoms with Gasteiger partial charge in [0.05, 0.1) is 6.20 Å². The Morgan fingerprint density at radius 3 is 2.37 bits per heavy atom. The van der Waals surface area contributed by atoms with Crippen molar-refractivity contribution in [3.05, 3.63) is 73.1 Å². The Bertz CT molecular complexity index is 965. The third-order valence-electron chi connectivity index (χ3n) is 5.28. The number of para-hydroxylation sites is 1. The highest BCUT2D eigenvalue weighted by Crippen LogP contribution is 2.28. The summed E-state index contributed by atoms with van der Waals surface area (Å²) in [5, 5.41) is 0. The fourth-order valence-electron chi connectivity index (χ4n) is 3.62. The average Bonchev–Trinajstić information content (AvgIpc) is 2.80. The second kappa shape index (κ2) is 9.44. The Morgan fingerprint density at radius 1 is 0.933 bits per heavy atom. The summed E-state index contributed by atoms with van der Waals surface area (Å²) in [6, 6.07) is 19.7. The van der Waals surface area contributed by atoms with E-state index >= 15 is 0 Å². The number of nitrogens with zero attached hydrogens (tertiary/aromatic N) is 2. The van der Waals surface area contributed by atoms with Crippen molar-refractivity contribution in [2.45, 2.75) is 32.3 Å². The van der Waals surface area contributed by atoms with Gasteiger partial charge in [-0.2, -0.15) is 0 Å². The number of pyridine rings is 1. The molecule has 1 aliphatic heterocycles. The summed E-state index contributed by atoms with van der Waals surface area (Å²) in [6.07, 6.45) is 6.00. The molecular formula is C25H26N2O3. The first-order valence-electron chi connectivity index (χ1n) is 10.4. The second-order valence-electron chi connectivity index (χ2n) is 7.40. The minimum absolute atomic E-state index is 0.154. The zero-order chi connectivity index (χ0) is 20.8. The predicted molar refractivity (Wildman–Crippen MR) is 117 cm³/mol. The van der Waals surface area contributed by atoms with Crippen LogP contribution in [-0.4, -0.2) is 35.0 Å². The number of ether oxygens (including phenoxy) is 2. The molecule has 4 rings (SSSR count).